The fraction of sp³-hybridized carbons (Fsp3) is 0.800. The van der Waals surface area contributed by atoms with Gasteiger partial charge in [-0.2, -0.15) is 5.10 Å². The quantitative estimate of drug-likeness (QED) is 0.895. The Labute approximate surface area is 125 Å². The zero-order valence-corrected chi connectivity index (χ0v) is 14.0. The smallest absolute Gasteiger partial charge is 0.0738 e. The molecule has 1 N–H and O–H groups in total. The third-order valence-electron chi connectivity index (χ3n) is 4.36. The minimum absolute atomic E-state index is 0.594. The molecule has 1 aromatic rings. The van der Waals surface area contributed by atoms with Crippen LogP contribution in [0.3, 0.4) is 0 Å². The third kappa shape index (κ3) is 3.60. The Morgan fingerprint density at radius 1 is 1.37 bits per heavy atom. The molecule has 0 saturated heterocycles. The number of aromatic nitrogens is 2. The second-order valence-corrected chi connectivity index (χ2v) is 6.53. The van der Waals surface area contributed by atoms with Crippen molar-refractivity contribution in [2.75, 3.05) is 6.54 Å². The largest absolute Gasteiger partial charge is 0.314 e. The van der Waals surface area contributed by atoms with Gasteiger partial charge < -0.3 is 5.32 Å². The highest BCUT2D eigenvalue weighted by Crippen LogP contribution is 2.30. The maximum atomic E-state index is 4.51. The summed E-state index contributed by atoms with van der Waals surface area (Å²) in [7, 11) is 2.05. The molecule has 0 radical (unpaired) electrons. The first-order chi connectivity index (χ1) is 9.13. The van der Waals surface area contributed by atoms with Crippen LogP contribution in [0.2, 0.25) is 0 Å². The van der Waals surface area contributed by atoms with Crippen LogP contribution in [0.4, 0.5) is 0 Å². The normalized spacial score (nSPS) is 18.7. The first-order valence-electron chi connectivity index (χ1n) is 7.54. The highest BCUT2D eigenvalue weighted by atomic mass is 79.9. The summed E-state index contributed by atoms with van der Waals surface area (Å²) in [6, 6.07) is 0.594. The fourth-order valence-electron chi connectivity index (χ4n) is 3.31. The van der Waals surface area contributed by atoms with Gasteiger partial charge in [-0.1, -0.05) is 26.2 Å². The fourth-order valence-corrected chi connectivity index (χ4v) is 3.81. The Balaban J connectivity index is 2.11. The molecule has 1 fully saturated rings. The van der Waals surface area contributed by atoms with E-state index in [1.807, 2.05) is 4.68 Å². The van der Waals surface area contributed by atoms with Gasteiger partial charge in [-0.3, -0.25) is 4.68 Å². The average molecular weight is 328 g/mol. The minimum atomic E-state index is 0.594. The maximum absolute atomic E-state index is 4.51. The number of rotatable bonds is 5. The van der Waals surface area contributed by atoms with Gasteiger partial charge in [0.15, 0.2) is 0 Å². The maximum Gasteiger partial charge on any atom is 0.0738 e. The van der Waals surface area contributed by atoms with Crippen molar-refractivity contribution in [2.45, 2.75) is 58.4 Å². The molecule has 1 unspecified atom stereocenters. The first kappa shape index (κ1) is 15.0. The second kappa shape index (κ2) is 6.89. The van der Waals surface area contributed by atoms with E-state index in [0.29, 0.717) is 6.04 Å². The van der Waals surface area contributed by atoms with Gasteiger partial charge in [0.25, 0.3) is 0 Å². The minimum Gasteiger partial charge on any atom is -0.314 e. The summed E-state index contributed by atoms with van der Waals surface area (Å²) >= 11 is 3.69. The van der Waals surface area contributed by atoms with Crippen LogP contribution >= 0.6 is 15.9 Å². The van der Waals surface area contributed by atoms with Gasteiger partial charge in [-0.25, -0.2) is 0 Å². The number of hydrogen-bond acceptors (Lipinski definition) is 2. The third-order valence-corrected chi connectivity index (χ3v) is 5.39. The molecule has 1 saturated carbocycles. The lowest BCUT2D eigenvalue weighted by atomic mass is 9.82. The van der Waals surface area contributed by atoms with E-state index in [9.17, 15) is 0 Å². The molecule has 0 amide bonds. The van der Waals surface area contributed by atoms with Crippen LogP contribution in [0, 0.1) is 12.8 Å². The number of halogens is 1. The van der Waals surface area contributed by atoms with Gasteiger partial charge in [0.1, 0.15) is 0 Å². The summed E-state index contributed by atoms with van der Waals surface area (Å²) in [4.78, 5) is 0. The number of likely N-dealkylation sites (N-methyl/N-ethyl adjacent to an activating group) is 1. The van der Waals surface area contributed by atoms with E-state index in [1.54, 1.807) is 0 Å². The lowest BCUT2D eigenvalue weighted by molar-refractivity contribution is 0.267. The highest BCUT2D eigenvalue weighted by Gasteiger charge is 2.25. The highest BCUT2D eigenvalue weighted by molar-refractivity contribution is 9.10. The van der Waals surface area contributed by atoms with Crippen molar-refractivity contribution in [3.8, 4) is 0 Å². The zero-order valence-electron chi connectivity index (χ0n) is 12.4. The molecule has 1 heterocycles. The first-order valence-corrected chi connectivity index (χ1v) is 8.34. The van der Waals surface area contributed by atoms with Crippen LogP contribution < -0.4 is 5.32 Å². The average Bonchev–Trinajstić information content (AvgIpc) is 2.65. The molecular weight excluding hydrogens is 302 g/mol. The standard InChI is InChI=1S/C15H26BrN3/c1-4-17-13(12-8-6-5-7-9-12)10-14-15(16)11(2)18-19(14)3/h12-13,17H,4-10H2,1-3H3. The van der Waals surface area contributed by atoms with E-state index in [0.717, 1.165) is 24.6 Å². The summed E-state index contributed by atoms with van der Waals surface area (Å²) in [5, 5.41) is 8.21. The lowest BCUT2D eigenvalue weighted by Gasteiger charge is -2.31. The van der Waals surface area contributed by atoms with Crippen molar-refractivity contribution in [3.05, 3.63) is 15.9 Å². The zero-order chi connectivity index (χ0) is 13.8. The Morgan fingerprint density at radius 3 is 2.58 bits per heavy atom. The van der Waals surface area contributed by atoms with Gasteiger partial charge in [-0.15, -0.1) is 0 Å². The number of nitrogens with zero attached hydrogens (tertiary/aromatic N) is 2. The van der Waals surface area contributed by atoms with E-state index < -0.39 is 0 Å². The van der Waals surface area contributed by atoms with Crippen molar-refractivity contribution in [2.24, 2.45) is 13.0 Å². The van der Waals surface area contributed by atoms with Crippen LogP contribution in [0.5, 0.6) is 0 Å². The molecule has 0 spiro atoms. The van der Waals surface area contributed by atoms with Crippen molar-refractivity contribution >= 4 is 15.9 Å². The van der Waals surface area contributed by atoms with Crippen LogP contribution in [-0.4, -0.2) is 22.4 Å². The topological polar surface area (TPSA) is 29.9 Å². The second-order valence-electron chi connectivity index (χ2n) is 5.74. The molecule has 0 aromatic carbocycles. The van der Waals surface area contributed by atoms with Gasteiger partial charge in [0.2, 0.25) is 0 Å². The predicted molar refractivity (Wildman–Crippen MR) is 83.4 cm³/mol. The van der Waals surface area contributed by atoms with E-state index in [2.05, 4.69) is 47.2 Å². The number of nitrogens with one attached hydrogen (secondary N) is 1. The molecule has 3 nitrogen and oxygen atoms in total. The Bertz CT molecular complexity index is 408. The van der Waals surface area contributed by atoms with Crippen molar-refractivity contribution in [1.82, 2.24) is 15.1 Å². The van der Waals surface area contributed by atoms with Crippen molar-refractivity contribution in [1.29, 1.82) is 0 Å². The summed E-state index contributed by atoms with van der Waals surface area (Å²) in [5.74, 6) is 0.829. The molecule has 0 aliphatic heterocycles. The van der Waals surface area contributed by atoms with Crippen molar-refractivity contribution < 1.29 is 0 Å². The SMILES string of the molecule is CCNC(Cc1c(Br)c(C)nn1C)C1CCCCC1. The molecule has 1 aliphatic rings. The van der Waals surface area contributed by atoms with Crippen LogP contribution in [0.25, 0.3) is 0 Å². The van der Waals surface area contributed by atoms with E-state index in [-0.39, 0.29) is 0 Å². The van der Waals surface area contributed by atoms with Gasteiger partial charge in [0, 0.05) is 19.5 Å². The molecular formula is C15H26BrN3. The molecule has 2 rings (SSSR count). The molecule has 108 valence electrons. The Hall–Kier alpha value is -0.350. The Kier molecular flexibility index (Phi) is 5.46. The van der Waals surface area contributed by atoms with Gasteiger partial charge in [-0.05, 0) is 48.2 Å². The van der Waals surface area contributed by atoms with E-state index in [1.165, 1.54) is 42.3 Å². The predicted octanol–water partition coefficient (Wildman–Crippen LogP) is 3.59. The van der Waals surface area contributed by atoms with E-state index >= 15 is 0 Å². The molecule has 1 aliphatic carbocycles. The van der Waals surface area contributed by atoms with Gasteiger partial charge >= 0.3 is 0 Å². The van der Waals surface area contributed by atoms with Crippen molar-refractivity contribution in [3.63, 3.8) is 0 Å². The molecule has 1 aromatic heterocycles. The monoisotopic (exact) mass is 327 g/mol. The van der Waals surface area contributed by atoms with Gasteiger partial charge in [0.05, 0.1) is 15.9 Å². The lowest BCUT2D eigenvalue weighted by Crippen LogP contribution is -2.39. The van der Waals surface area contributed by atoms with Crippen LogP contribution in [-0.2, 0) is 13.5 Å². The van der Waals surface area contributed by atoms with E-state index in [4.69, 9.17) is 0 Å². The number of hydrogen-bond donors (Lipinski definition) is 1. The summed E-state index contributed by atoms with van der Waals surface area (Å²) in [6.07, 6.45) is 8.06. The Morgan fingerprint density at radius 2 is 2.05 bits per heavy atom. The van der Waals surface area contributed by atoms with Crippen LogP contribution in [0.1, 0.15) is 50.4 Å². The summed E-state index contributed by atoms with van der Waals surface area (Å²) in [6.45, 7) is 5.32. The molecule has 19 heavy (non-hydrogen) atoms. The molecule has 4 heteroatoms. The number of aryl methyl sites for hydroxylation is 2. The summed E-state index contributed by atoms with van der Waals surface area (Å²) < 4.78 is 3.22. The molecule has 0 bridgehead atoms. The molecule has 1 atom stereocenters. The summed E-state index contributed by atoms with van der Waals surface area (Å²) in [5.41, 5.74) is 2.42. The van der Waals surface area contributed by atoms with Crippen LogP contribution in [0.15, 0.2) is 4.47 Å².